The van der Waals surface area contributed by atoms with E-state index in [2.05, 4.69) is 33.9 Å². The zero-order valence-electron chi connectivity index (χ0n) is 17.7. The predicted octanol–water partition coefficient (Wildman–Crippen LogP) is 2.66. The minimum atomic E-state index is -0.114. The van der Waals surface area contributed by atoms with Crippen molar-refractivity contribution in [1.29, 1.82) is 0 Å². The number of likely N-dealkylation sites (N-methyl/N-ethyl adjacent to an activating group) is 1. The summed E-state index contributed by atoms with van der Waals surface area (Å²) in [7, 11) is 4.23. The molecule has 1 aliphatic rings. The molecule has 0 radical (unpaired) electrons. The quantitative estimate of drug-likeness (QED) is 0.628. The van der Waals surface area contributed by atoms with Crippen LogP contribution >= 0.6 is 0 Å². The lowest BCUT2D eigenvalue weighted by atomic mass is 10.2. The van der Waals surface area contributed by atoms with Gasteiger partial charge < -0.3 is 14.5 Å². The van der Waals surface area contributed by atoms with Crippen LogP contribution in [0.3, 0.4) is 0 Å². The third-order valence-corrected chi connectivity index (χ3v) is 5.48. The molecule has 156 valence electrons. The van der Waals surface area contributed by atoms with Gasteiger partial charge in [-0.05, 0) is 56.8 Å². The molecule has 1 unspecified atom stereocenters. The van der Waals surface area contributed by atoms with Crippen LogP contribution < -0.4 is 15.2 Å². The van der Waals surface area contributed by atoms with Gasteiger partial charge in [-0.1, -0.05) is 6.07 Å². The van der Waals surface area contributed by atoms with Gasteiger partial charge in [0.2, 0.25) is 5.88 Å². The van der Waals surface area contributed by atoms with Gasteiger partial charge in [0.1, 0.15) is 12.4 Å². The van der Waals surface area contributed by atoms with Crippen molar-refractivity contribution in [2.75, 3.05) is 32.1 Å². The van der Waals surface area contributed by atoms with Crippen molar-refractivity contribution in [3.63, 3.8) is 0 Å². The summed E-state index contributed by atoms with van der Waals surface area (Å²) in [5.41, 5.74) is 2.51. The first-order chi connectivity index (χ1) is 14.5. The fourth-order valence-electron chi connectivity index (χ4n) is 3.60. The normalized spacial score (nSPS) is 16.3. The molecule has 0 aromatic carbocycles. The van der Waals surface area contributed by atoms with Crippen LogP contribution in [0.15, 0.2) is 59.8 Å². The maximum Gasteiger partial charge on any atom is 0.255 e. The van der Waals surface area contributed by atoms with E-state index in [1.807, 2.05) is 37.3 Å². The van der Waals surface area contributed by atoms with E-state index in [0.29, 0.717) is 18.5 Å². The van der Waals surface area contributed by atoms with Crippen molar-refractivity contribution in [2.45, 2.75) is 26.0 Å². The Morgan fingerprint density at radius 1 is 1.13 bits per heavy atom. The summed E-state index contributed by atoms with van der Waals surface area (Å²) in [5, 5.41) is 0. The molecular formula is C23H27N5O2. The molecule has 0 spiro atoms. The SMILES string of the molecule is Cc1ccc(OCc2ccn(-c3ccc(N4CCC(N(C)C)C4)nc3)c(=O)c2)nc1. The van der Waals surface area contributed by atoms with Gasteiger partial charge in [0.15, 0.2) is 0 Å². The highest BCUT2D eigenvalue weighted by Gasteiger charge is 2.24. The Bertz CT molecular complexity index is 1040. The minimum Gasteiger partial charge on any atom is -0.473 e. The minimum absolute atomic E-state index is 0.114. The van der Waals surface area contributed by atoms with E-state index in [0.717, 1.165) is 42.1 Å². The van der Waals surface area contributed by atoms with Gasteiger partial charge in [-0.25, -0.2) is 9.97 Å². The zero-order chi connectivity index (χ0) is 21.1. The molecule has 1 atom stereocenters. The monoisotopic (exact) mass is 405 g/mol. The highest BCUT2D eigenvalue weighted by molar-refractivity contribution is 5.44. The first-order valence-electron chi connectivity index (χ1n) is 10.1. The van der Waals surface area contributed by atoms with Crippen molar-refractivity contribution in [3.8, 4) is 11.6 Å². The van der Waals surface area contributed by atoms with Crippen LogP contribution in [0, 0.1) is 6.92 Å². The number of rotatable bonds is 6. The van der Waals surface area contributed by atoms with E-state index in [-0.39, 0.29) is 5.56 Å². The fraction of sp³-hybridized carbons (Fsp3) is 0.348. The van der Waals surface area contributed by atoms with Crippen molar-refractivity contribution in [1.82, 2.24) is 19.4 Å². The van der Waals surface area contributed by atoms with E-state index in [1.165, 1.54) is 0 Å². The second-order valence-electron chi connectivity index (χ2n) is 7.93. The third-order valence-electron chi connectivity index (χ3n) is 5.48. The average molecular weight is 406 g/mol. The molecule has 0 amide bonds. The lowest BCUT2D eigenvalue weighted by molar-refractivity contribution is 0.293. The molecule has 3 aromatic heterocycles. The Kier molecular flexibility index (Phi) is 5.81. The van der Waals surface area contributed by atoms with E-state index in [9.17, 15) is 4.79 Å². The van der Waals surface area contributed by atoms with Gasteiger partial charge in [0.05, 0.1) is 11.9 Å². The second kappa shape index (κ2) is 8.67. The summed E-state index contributed by atoms with van der Waals surface area (Å²) in [6.45, 7) is 4.25. The van der Waals surface area contributed by atoms with Gasteiger partial charge in [0, 0.05) is 43.7 Å². The Morgan fingerprint density at radius 2 is 2.00 bits per heavy atom. The number of aryl methyl sites for hydroxylation is 1. The molecule has 0 aliphatic carbocycles. The topological polar surface area (TPSA) is 63.5 Å². The Balaban J connectivity index is 1.43. The van der Waals surface area contributed by atoms with Gasteiger partial charge in [-0.2, -0.15) is 0 Å². The summed E-state index contributed by atoms with van der Waals surface area (Å²) in [4.78, 5) is 26.0. The average Bonchev–Trinajstić information content (AvgIpc) is 3.24. The van der Waals surface area contributed by atoms with Crippen LogP contribution in [0.1, 0.15) is 17.5 Å². The first-order valence-corrected chi connectivity index (χ1v) is 10.1. The van der Waals surface area contributed by atoms with Crippen LogP contribution in [-0.4, -0.2) is 52.7 Å². The molecule has 1 fully saturated rings. The molecule has 0 saturated carbocycles. The predicted molar refractivity (Wildman–Crippen MR) is 117 cm³/mol. The highest BCUT2D eigenvalue weighted by Crippen LogP contribution is 2.21. The van der Waals surface area contributed by atoms with E-state index >= 15 is 0 Å². The number of hydrogen-bond donors (Lipinski definition) is 0. The number of pyridine rings is 3. The molecule has 4 rings (SSSR count). The highest BCUT2D eigenvalue weighted by atomic mass is 16.5. The van der Waals surface area contributed by atoms with Crippen LogP contribution in [0.25, 0.3) is 5.69 Å². The standard InChI is InChI=1S/C23H27N5O2/c1-17-4-7-22(25-13-17)30-16-18-8-11-28(23(29)12-18)19-5-6-21(24-14-19)27-10-9-20(15-27)26(2)3/h4-8,11-14,20H,9-10,15-16H2,1-3H3. The first kappa shape index (κ1) is 20.1. The largest absolute Gasteiger partial charge is 0.473 e. The molecule has 3 aromatic rings. The van der Waals surface area contributed by atoms with E-state index in [4.69, 9.17) is 4.74 Å². The van der Waals surface area contributed by atoms with E-state index < -0.39 is 0 Å². The second-order valence-corrected chi connectivity index (χ2v) is 7.93. The number of hydrogen-bond acceptors (Lipinski definition) is 6. The van der Waals surface area contributed by atoms with Gasteiger partial charge in [-0.3, -0.25) is 9.36 Å². The summed E-state index contributed by atoms with van der Waals surface area (Å²) in [5.74, 6) is 1.50. The maximum absolute atomic E-state index is 12.6. The Labute approximate surface area is 176 Å². The van der Waals surface area contributed by atoms with Crippen molar-refractivity contribution in [2.24, 2.45) is 0 Å². The molecule has 30 heavy (non-hydrogen) atoms. The van der Waals surface area contributed by atoms with Crippen molar-refractivity contribution in [3.05, 3.63) is 76.5 Å². The zero-order valence-corrected chi connectivity index (χ0v) is 17.7. The van der Waals surface area contributed by atoms with Crippen molar-refractivity contribution >= 4 is 5.82 Å². The third kappa shape index (κ3) is 4.52. The summed E-state index contributed by atoms with van der Waals surface area (Å²) < 4.78 is 7.26. The van der Waals surface area contributed by atoms with Crippen molar-refractivity contribution < 1.29 is 4.74 Å². The summed E-state index contributed by atoms with van der Waals surface area (Å²) in [6.07, 6.45) is 6.41. The molecule has 1 aliphatic heterocycles. The summed E-state index contributed by atoms with van der Waals surface area (Å²) in [6, 6.07) is 11.7. The van der Waals surface area contributed by atoms with Crippen LogP contribution in [0.2, 0.25) is 0 Å². The molecule has 7 nitrogen and oxygen atoms in total. The molecule has 0 bridgehead atoms. The Hall–Kier alpha value is -3.19. The van der Waals surface area contributed by atoms with Crippen LogP contribution in [0.5, 0.6) is 5.88 Å². The van der Waals surface area contributed by atoms with Gasteiger partial charge in [-0.15, -0.1) is 0 Å². The van der Waals surface area contributed by atoms with Gasteiger partial charge >= 0.3 is 0 Å². The molecule has 1 saturated heterocycles. The molecule has 4 heterocycles. The smallest absolute Gasteiger partial charge is 0.255 e. The number of aromatic nitrogens is 3. The fourth-order valence-corrected chi connectivity index (χ4v) is 3.60. The summed E-state index contributed by atoms with van der Waals surface area (Å²) >= 11 is 0. The van der Waals surface area contributed by atoms with Gasteiger partial charge in [0.25, 0.3) is 5.56 Å². The molecule has 7 heteroatoms. The number of nitrogens with zero attached hydrogens (tertiary/aromatic N) is 5. The molecular weight excluding hydrogens is 378 g/mol. The maximum atomic E-state index is 12.6. The van der Waals surface area contributed by atoms with E-state index in [1.54, 1.807) is 29.2 Å². The van der Waals surface area contributed by atoms with Crippen LogP contribution in [0.4, 0.5) is 5.82 Å². The molecule has 0 N–H and O–H groups in total. The number of anilines is 1. The lowest BCUT2D eigenvalue weighted by Crippen LogP contribution is -2.31. The Morgan fingerprint density at radius 3 is 2.63 bits per heavy atom. The number of ether oxygens (including phenoxy) is 1. The lowest BCUT2D eigenvalue weighted by Gasteiger charge is -2.21. The van der Waals surface area contributed by atoms with Crippen LogP contribution in [-0.2, 0) is 6.61 Å².